The predicted molar refractivity (Wildman–Crippen MR) is 83.5 cm³/mol. The van der Waals surface area contributed by atoms with Gasteiger partial charge in [0, 0.05) is 6.07 Å². The van der Waals surface area contributed by atoms with E-state index in [-0.39, 0.29) is 0 Å². The van der Waals surface area contributed by atoms with E-state index in [4.69, 9.17) is 14.7 Å². The molecule has 1 heterocycles. The third-order valence-corrected chi connectivity index (χ3v) is 3.12. The summed E-state index contributed by atoms with van der Waals surface area (Å²) in [4.78, 5) is 3.92. The van der Waals surface area contributed by atoms with Crippen LogP contribution in [0.3, 0.4) is 0 Å². The van der Waals surface area contributed by atoms with Gasteiger partial charge in [-0.25, -0.2) is 9.67 Å². The van der Waals surface area contributed by atoms with Crippen molar-refractivity contribution in [1.82, 2.24) is 14.8 Å². The number of hydrogen-bond donors (Lipinski definition) is 0. The van der Waals surface area contributed by atoms with E-state index >= 15 is 0 Å². The third-order valence-electron chi connectivity index (χ3n) is 3.12. The van der Waals surface area contributed by atoms with Crippen LogP contribution in [0.4, 0.5) is 0 Å². The summed E-state index contributed by atoms with van der Waals surface area (Å²) in [5.41, 5.74) is 1.39. The molecule has 114 valence electrons. The topological polar surface area (TPSA) is 73.0 Å². The first-order valence-corrected chi connectivity index (χ1v) is 7.06. The van der Waals surface area contributed by atoms with Gasteiger partial charge in [0.1, 0.15) is 43.4 Å². The van der Waals surface area contributed by atoms with Crippen LogP contribution in [0.1, 0.15) is 5.56 Å². The standard InChI is InChI=1S/C17H14N4O2/c18-11-14-4-1-2-7-17(14)23-9-8-22-16-6-3-5-15(10-16)21-13-19-12-20-21/h1-7,10,12-13H,8-9H2. The first-order valence-electron chi connectivity index (χ1n) is 7.06. The van der Waals surface area contributed by atoms with Crippen LogP contribution in [-0.2, 0) is 0 Å². The number of ether oxygens (including phenoxy) is 2. The summed E-state index contributed by atoms with van der Waals surface area (Å²) in [7, 11) is 0. The van der Waals surface area contributed by atoms with Crippen molar-refractivity contribution in [3.8, 4) is 23.3 Å². The molecule has 0 atom stereocenters. The van der Waals surface area contributed by atoms with Crippen molar-refractivity contribution in [2.45, 2.75) is 0 Å². The van der Waals surface area contributed by atoms with Crippen molar-refractivity contribution in [1.29, 1.82) is 5.26 Å². The van der Waals surface area contributed by atoms with Gasteiger partial charge in [0.15, 0.2) is 0 Å². The molecule has 0 saturated heterocycles. The van der Waals surface area contributed by atoms with Crippen LogP contribution in [0.25, 0.3) is 5.69 Å². The molecule has 3 aromatic rings. The molecular formula is C17H14N4O2. The Hall–Kier alpha value is -3.33. The minimum Gasteiger partial charge on any atom is -0.490 e. The van der Waals surface area contributed by atoms with Crippen LogP contribution in [0, 0.1) is 11.3 Å². The van der Waals surface area contributed by atoms with Crippen LogP contribution < -0.4 is 9.47 Å². The van der Waals surface area contributed by atoms with E-state index in [2.05, 4.69) is 16.2 Å². The molecule has 0 saturated carbocycles. The second-order valence-corrected chi connectivity index (χ2v) is 4.64. The maximum absolute atomic E-state index is 9.00. The average molecular weight is 306 g/mol. The van der Waals surface area contributed by atoms with E-state index in [9.17, 15) is 0 Å². The predicted octanol–water partition coefficient (Wildman–Crippen LogP) is 2.60. The lowest BCUT2D eigenvalue weighted by atomic mass is 10.2. The maximum atomic E-state index is 9.00. The molecule has 1 aromatic heterocycles. The van der Waals surface area contributed by atoms with Gasteiger partial charge in [-0.1, -0.05) is 18.2 Å². The van der Waals surface area contributed by atoms with Gasteiger partial charge >= 0.3 is 0 Å². The Balaban J connectivity index is 1.55. The number of nitrogens with zero attached hydrogens (tertiary/aromatic N) is 4. The maximum Gasteiger partial charge on any atom is 0.138 e. The third kappa shape index (κ3) is 3.66. The van der Waals surface area contributed by atoms with Gasteiger partial charge in [0.05, 0.1) is 11.3 Å². The largest absolute Gasteiger partial charge is 0.490 e. The molecule has 0 spiro atoms. The molecule has 0 bridgehead atoms. The Morgan fingerprint density at radius 3 is 2.74 bits per heavy atom. The Morgan fingerprint density at radius 2 is 1.91 bits per heavy atom. The Labute approximate surface area is 133 Å². The van der Waals surface area contributed by atoms with Crippen LogP contribution in [0.2, 0.25) is 0 Å². The molecule has 6 heteroatoms. The van der Waals surface area contributed by atoms with Crippen LogP contribution >= 0.6 is 0 Å². The van der Waals surface area contributed by atoms with E-state index in [1.807, 2.05) is 30.3 Å². The minimum atomic E-state index is 0.353. The lowest BCUT2D eigenvalue weighted by molar-refractivity contribution is 0.217. The van der Waals surface area contributed by atoms with E-state index in [0.717, 1.165) is 11.4 Å². The SMILES string of the molecule is N#Cc1ccccc1OCCOc1cccc(-n2cncn2)c1. The lowest BCUT2D eigenvalue weighted by Crippen LogP contribution is -2.09. The molecule has 0 amide bonds. The van der Waals surface area contributed by atoms with E-state index < -0.39 is 0 Å². The van der Waals surface area contributed by atoms with E-state index in [1.165, 1.54) is 6.33 Å². The van der Waals surface area contributed by atoms with Crippen LogP contribution in [0.5, 0.6) is 11.5 Å². The number of nitriles is 1. The zero-order chi connectivity index (χ0) is 15.9. The highest BCUT2D eigenvalue weighted by atomic mass is 16.5. The van der Waals surface area contributed by atoms with E-state index in [1.54, 1.807) is 29.2 Å². The van der Waals surface area contributed by atoms with Crippen molar-refractivity contribution in [3.05, 3.63) is 66.7 Å². The summed E-state index contributed by atoms with van der Waals surface area (Å²) in [6, 6.07) is 16.8. The number of aromatic nitrogens is 3. The molecule has 3 rings (SSSR count). The molecule has 6 nitrogen and oxygen atoms in total. The minimum absolute atomic E-state index is 0.353. The lowest BCUT2D eigenvalue weighted by Gasteiger charge is -2.10. The fraction of sp³-hybridized carbons (Fsp3) is 0.118. The van der Waals surface area contributed by atoms with Crippen molar-refractivity contribution < 1.29 is 9.47 Å². The molecule has 0 fully saturated rings. The molecule has 0 unspecified atom stereocenters. The number of benzene rings is 2. The summed E-state index contributed by atoms with van der Waals surface area (Å²) in [5.74, 6) is 1.28. The molecule has 0 aliphatic heterocycles. The highest BCUT2D eigenvalue weighted by Crippen LogP contribution is 2.18. The molecule has 0 aliphatic rings. The number of para-hydroxylation sites is 1. The van der Waals surface area contributed by atoms with Gasteiger partial charge in [-0.3, -0.25) is 0 Å². The van der Waals surface area contributed by atoms with Crippen molar-refractivity contribution in [2.24, 2.45) is 0 Å². The summed E-state index contributed by atoms with van der Waals surface area (Å²) < 4.78 is 12.9. The first kappa shape index (κ1) is 14.6. The van der Waals surface area contributed by atoms with Crippen molar-refractivity contribution in [2.75, 3.05) is 13.2 Å². The summed E-state index contributed by atoms with van der Waals surface area (Å²) in [6.07, 6.45) is 3.11. The molecule has 23 heavy (non-hydrogen) atoms. The monoisotopic (exact) mass is 306 g/mol. The van der Waals surface area contributed by atoms with Crippen molar-refractivity contribution >= 4 is 0 Å². The van der Waals surface area contributed by atoms with Gasteiger partial charge in [0.2, 0.25) is 0 Å². The molecule has 0 N–H and O–H groups in total. The zero-order valence-corrected chi connectivity index (χ0v) is 12.3. The fourth-order valence-corrected chi connectivity index (χ4v) is 2.05. The average Bonchev–Trinajstić information content (AvgIpc) is 3.14. The Morgan fingerprint density at radius 1 is 1.04 bits per heavy atom. The first-order chi connectivity index (χ1) is 11.4. The number of hydrogen-bond acceptors (Lipinski definition) is 5. The molecule has 0 aliphatic carbocycles. The Bertz CT molecular complexity index is 809. The van der Waals surface area contributed by atoms with Gasteiger partial charge in [-0.05, 0) is 24.3 Å². The number of rotatable bonds is 6. The van der Waals surface area contributed by atoms with Gasteiger partial charge in [-0.15, -0.1) is 0 Å². The normalized spacial score (nSPS) is 10.0. The highest BCUT2D eigenvalue weighted by Gasteiger charge is 2.03. The van der Waals surface area contributed by atoms with Crippen molar-refractivity contribution in [3.63, 3.8) is 0 Å². The second-order valence-electron chi connectivity index (χ2n) is 4.64. The Kier molecular flexibility index (Phi) is 4.50. The summed E-state index contributed by atoms with van der Waals surface area (Å²) in [6.45, 7) is 0.729. The van der Waals surface area contributed by atoms with Gasteiger partial charge in [0.25, 0.3) is 0 Å². The highest BCUT2D eigenvalue weighted by molar-refractivity contribution is 5.42. The van der Waals surface area contributed by atoms with Gasteiger partial charge in [-0.2, -0.15) is 10.4 Å². The van der Waals surface area contributed by atoms with Gasteiger partial charge < -0.3 is 9.47 Å². The molecular weight excluding hydrogens is 292 g/mol. The molecule has 2 aromatic carbocycles. The zero-order valence-electron chi connectivity index (χ0n) is 12.3. The molecule has 0 radical (unpaired) electrons. The summed E-state index contributed by atoms with van der Waals surface area (Å²) >= 11 is 0. The van der Waals surface area contributed by atoms with Crippen LogP contribution in [-0.4, -0.2) is 28.0 Å². The fourth-order valence-electron chi connectivity index (χ4n) is 2.05. The van der Waals surface area contributed by atoms with Crippen LogP contribution in [0.15, 0.2) is 61.2 Å². The quantitative estimate of drug-likeness (QED) is 0.654. The summed E-state index contributed by atoms with van der Waals surface area (Å²) in [5, 5.41) is 13.1. The smallest absolute Gasteiger partial charge is 0.138 e. The van der Waals surface area contributed by atoms with E-state index in [0.29, 0.717) is 24.5 Å². The second kappa shape index (κ2) is 7.09.